The summed E-state index contributed by atoms with van der Waals surface area (Å²) in [4.78, 5) is 24.1. The van der Waals surface area contributed by atoms with Crippen LogP contribution in [-0.2, 0) is 9.53 Å². The fourth-order valence-corrected chi connectivity index (χ4v) is 3.61. The van der Waals surface area contributed by atoms with Gasteiger partial charge in [-0.1, -0.05) is 29.8 Å². The van der Waals surface area contributed by atoms with Crippen LogP contribution in [0.3, 0.4) is 0 Å². The second-order valence-corrected chi connectivity index (χ2v) is 6.51. The summed E-state index contributed by atoms with van der Waals surface area (Å²) < 4.78 is 10.9. The van der Waals surface area contributed by atoms with E-state index in [4.69, 9.17) is 16.3 Å². The van der Waals surface area contributed by atoms with E-state index in [0.717, 1.165) is 15.0 Å². The Kier molecular flexibility index (Phi) is 5.16. The molecule has 0 atom stereocenters. The molecule has 0 fully saturated rings. The van der Waals surface area contributed by atoms with Gasteiger partial charge in [0.05, 0.1) is 17.7 Å². The number of benzene rings is 2. The summed E-state index contributed by atoms with van der Waals surface area (Å²) in [6.07, 6.45) is 2.96. The highest BCUT2D eigenvalue weighted by atomic mass is 35.5. The van der Waals surface area contributed by atoms with Crippen molar-refractivity contribution in [2.24, 2.45) is 0 Å². The molecular weight excluding hydrogens is 360 g/mol. The van der Waals surface area contributed by atoms with Gasteiger partial charge in [-0.2, -0.15) is 0 Å². The second kappa shape index (κ2) is 7.51. The standard InChI is InChI=1S/C19H13ClO4S/c1-23-19(22)12-6-8-13(9-7-12)24-17(21)11-10-16-18(20)14-4-2-3-5-15(14)25-16/h2-11H,1H3/b11-10+. The maximum Gasteiger partial charge on any atom is 0.337 e. The third-order valence-electron chi connectivity index (χ3n) is 3.42. The lowest BCUT2D eigenvalue weighted by molar-refractivity contribution is -0.128. The molecule has 126 valence electrons. The second-order valence-electron chi connectivity index (χ2n) is 5.05. The molecule has 0 aliphatic carbocycles. The predicted octanol–water partition coefficient (Wildman–Crippen LogP) is 4.96. The van der Waals surface area contributed by atoms with Crippen LogP contribution in [-0.4, -0.2) is 19.0 Å². The van der Waals surface area contributed by atoms with Gasteiger partial charge >= 0.3 is 11.9 Å². The molecule has 3 rings (SSSR count). The van der Waals surface area contributed by atoms with Crippen LogP contribution in [0.2, 0.25) is 5.02 Å². The molecule has 0 bridgehead atoms. The van der Waals surface area contributed by atoms with Gasteiger partial charge in [0.2, 0.25) is 0 Å². The molecule has 2 aromatic carbocycles. The van der Waals surface area contributed by atoms with Gasteiger partial charge in [0.25, 0.3) is 0 Å². The van der Waals surface area contributed by atoms with E-state index in [9.17, 15) is 9.59 Å². The number of carbonyl (C=O) groups excluding carboxylic acids is 2. The zero-order valence-corrected chi connectivity index (χ0v) is 14.8. The number of halogens is 1. The van der Waals surface area contributed by atoms with E-state index in [1.54, 1.807) is 6.08 Å². The van der Waals surface area contributed by atoms with Crippen LogP contribution < -0.4 is 4.74 Å². The highest BCUT2D eigenvalue weighted by Crippen LogP contribution is 2.35. The number of hydrogen-bond donors (Lipinski definition) is 0. The lowest BCUT2D eigenvalue weighted by atomic mass is 10.2. The Morgan fingerprint density at radius 2 is 1.80 bits per heavy atom. The van der Waals surface area contributed by atoms with E-state index in [1.165, 1.54) is 48.8 Å². The number of esters is 2. The summed E-state index contributed by atoms with van der Waals surface area (Å²) in [5, 5.41) is 1.58. The molecule has 3 aromatic rings. The highest BCUT2D eigenvalue weighted by Gasteiger charge is 2.09. The van der Waals surface area contributed by atoms with Crippen molar-refractivity contribution >= 4 is 51.0 Å². The van der Waals surface area contributed by atoms with Gasteiger partial charge in [0, 0.05) is 21.0 Å². The van der Waals surface area contributed by atoms with Gasteiger partial charge in [0.15, 0.2) is 0 Å². The van der Waals surface area contributed by atoms with Crippen molar-refractivity contribution < 1.29 is 19.1 Å². The maximum atomic E-state index is 11.9. The molecule has 1 aromatic heterocycles. The lowest BCUT2D eigenvalue weighted by Crippen LogP contribution is -2.05. The van der Waals surface area contributed by atoms with E-state index in [2.05, 4.69) is 4.74 Å². The lowest BCUT2D eigenvalue weighted by Gasteiger charge is -2.02. The third kappa shape index (κ3) is 3.90. The first-order valence-electron chi connectivity index (χ1n) is 7.34. The molecule has 1 heterocycles. The van der Waals surface area contributed by atoms with Crippen LogP contribution >= 0.6 is 22.9 Å². The average molecular weight is 373 g/mol. The van der Waals surface area contributed by atoms with Crippen LogP contribution in [0.5, 0.6) is 5.75 Å². The van der Waals surface area contributed by atoms with Crippen LogP contribution in [0, 0.1) is 0 Å². The van der Waals surface area contributed by atoms with Crippen molar-refractivity contribution in [1.29, 1.82) is 0 Å². The summed E-state index contributed by atoms with van der Waals surface area (Å²) in [5.74, 6) is -0.638. The topological polar surface area (TPSA) is 52.6 Å². The first-order valence-corrected chi connectivity index (χ1v) is 8.53. The average Bonchev–Trinajstić information content (AvgIpc) is 2.96. The third-order valence-corrected chi connectivity index (χ3v) is 5.08. The summed E-state index contributed by atoms with van der Waals surface area (Å²) in [6.45, 7) is 0. The largest absolute Gasteiger partial charge is 0.465 e. The summed E-state index contributed by atoms with van der Waals surface area (Å²) in [5.41, 5.74) is 0.384. The van der Waals surface area contributed by atoms with Crippen molar-refractivity contribution in [2.75, 3.05) is 7.11 Å². The van der Waals surface area contributed by atoms with E-state index in [1.807, 2.05) is 24.3 Å². The van der Waals surface area contributed by atoms with Gasteiger partial charge in [-0.25, -0.2) is 9.59 Å². The Morgan fingerprint density at radius 1 is 1.08 bits per heavy atom. The maximum absolute atomic E-state index is 11.9. The first kappa shape index (κ1) is 17.2. The van der Waals surface area contributed by atoms with E-state index < -0.39 is 11.9 Å². The van der Waals surface area contributed by atoms with E-state index in [0.29, 0.717) is 16.3 Å². The number of ether oxygens (including phenoxy) is 2. The fourth-order valence-electron chi connectivity index (χ4n) is 2.21. The van der Waals surface area contributed by atoms with Crippen LogP contribution in [0.15, 0.2) is 54.6 Å². The molecule has 6 heteroatoms. The minimum absolute atomic E-state index is 0.338. The Hall–Kier alpha value is -2.63. The molecule has 0 amide bonds. The molecule has 0 spiro atoms. The van der Waals surface area contributed by atoms with Gasteiger partial charge in [-0.05, 0) is 36.4 Å². The Balaban J connectivity index is 1.70. The number of rotatable bonds is 4. The van der Waals surface area contributed by atoms with Crippen LogP contribution in [0.25, 0.3) is 16.2 Å². The highest BCUT2D eigenvalue weighted by molar-refractivity contribution is 7.20. The van der Waals surface area contributed by atoms with Crippen molar-refractivity contribution in [3.8, 4) is 5.75 Å². The summed E-state index contributed by atoms with van der Waals surface area (Å²) in [6, 6.07) is 13.9. The van der Waals surface area contributed by atoms with Gasteiger partial charge in [-0.3, -0.25) is 0 Å². The summed E-state index contributed by atoms with van der Waals surface area (Å²) in [7, 11) is 1.31. The van der Waals surface area contributed by atoms with Crippen molar-refractivity contribution in [2.45, 2.75) is 0 Å². The number of hydrogen-bond acceptors (Lipinski definition) is 5. The van der Waals surface area contributed by atoms with E-state index in [-0.39, 0.29) is 0 Å². The van der Waals surface area contributed by atoms with Crippen molar-refractivity contribution in [1.82, 2.24) is 0 Å². The molecule has 0 saturated heterocycles. The molecule has 0 N–H and O–H groups in total. The Labute approximate surface area is 153 Å². The SMILES string of the molecule is COC(=O)c1ccc(OC(=O)/C=C/c2sc3ccccc3c2Cl)cc1. The molecular formula is C19H13ClO4S. The predicted molar refractivity (Wildman–Crippen MR) is 99.3 cm³/mol. The number of carbonyl (C=O) groups is 2. The quantitative estimate of drug-likeness (QED) is 0.369. The van der Waals surface area contributed by atoms with Crippen molar-refractivity contribution in [3.63, 3.8) is 0 Å². The zero-order valence-electron chi connectivity index (χ0n) is 13.2. The van der Waals surface area contributed by atoms with Crippen LogP contribution in [0.4, 0.5) is 0 Å². The molecule has 0 aliphatic rings. The van der Waals surface area contributed by atoms with Gasteiger partial charge in [0.1, 0.15) is 5.75 Å². The molecule has 0 saturated carbocycles. The summed E-state index contributed by atoms with van der Waals surface area (Å²) >= 11 is 7.83. The molecule has 0 aliphatic heterocycles. The molecule has 4 nitrogen and oxygen atoms in total. The minimum atomic E-state index is -0.528. The normalized spacial score (nSPS) is 11.0. The number of thiophene rings is 1. The van der Waals surface area contributed by atoms with E-state index >= 15 is 0 Å². The molecule has 0 unspecified atom stereocenters. The fraction of sp³-hybridized carbons (Fsp3) is 0.0526. The first-order chi connectivity index (χ1) is 12.1. The van der Waals surface area contributed by atoms with Gasteiger partial charge in [-0.15, -0.1) is 11.3 Å². The Morgan fingerprint density at radius 3 is 2.48 bits per heavy atom. The number of fused-ring (bicyclic) bond motifs is 1. The zero-order chi connectivity index (χ0) is 17.8. The van der Waals surface area contributed by atoms with Gasteiger partial charge < -0.3 is 9.47 Å². The monoisotopic (exact) mass is 372 g/mol. The minimum Gasteiger partial charge on any atom is -0.465 e. The smallest absolute Gasteiger partial charge is 0.337 e. The van der Waals surface area contributed by atoms with Crippen molar-refractivity contribution in [3.05, 3.63) is 70.1 Å². The number of methoxy groups -OCH3 is 1. The van der Waals surface area contributed by atoms with Crippen LogP contribution in [0.1, 0.15) is 15.2 Å². The Bertz CT molecular complexity index is 957. The molecule has 0 radical (unpaired) electrons. The molecule has 25 heavy (non-hydrogen) atoms.